The highest BCUT2D eigenvalue weighted by atomic mass is 32.2. The van der Waals surface area contributed by atoms with Gasteiger partial charge >= 0.3 is 0 Å². The summed E-state index contributed by atoms with van der Waals surface area (Å²) in [6.45, 7) is -0.0312. The molecule has 6 nitrogen and oxygen atoms in total. The Morgan fingerprint density at radius 1 is 1.20 bits per heavy atom. The van der Waals surface area contributed by atoms with Crippen LogP contribution in [-0.4, -0.2) is 39.1 Å². The third-order valence-electron chi connectivity index (χ3n) is 3.71. The topological polar surface area (TPSA) is 68.5 Å². The van der Waals surface area contributed by atoms with Crippen molar-refractivity contribution in [2.45, 2.75) is 12.5 Å². The first-order chi connectivity index (χ1) is 12.3. The summed E-state index contributed by atoms with van der Waals surface area (Å²) in [7, 11) is 0. The number of para-hydroxylation sites is 1. The second-order valence-corrected chi connectivity index (χ2v) is 6.48. The highest BCUT2D eigenvalue weighted by Gasteiger charge is 2.20. The maximum absolute atomic E-state index is 12.3. The van der Waals surface area contributed by atoms with E-state index in [1.165, 1.54) is 0 Å². The number of amides is 1. The van der Waals surface area contributed by atoms with Crippen molar-refractivity contribution in [2.24, 2.45) is 0 Å². The fourth-order valence-electron chi connectivity index (χ4n) is 2.50. The molecule has 3 aromatic rings. The minimum Gasteiger partial charge on any atom is -0.484 e. The minimum absolute atomic E-state index is 0.0312. The first-order valence-corrected chi connectivity index (χ1v) is 9.43. The zero-order valence-corrected chi connectivity index (χ0v) is 14.8. The molecule has 7 heteroatoms. The van der Waals surface area contributed by atoms with Crippen LogP contribution in [-0.2, 0) is 4.79 Å². The lowest BCUT2D eigenvalue weighted by molar-refractivity contribution is -0.123. The van der Waals surface area contributed by atoms with Crippen LogP contribution in [0.1, 0.15) is 18.3 Å². The summed E-state index contributed by atoms with van der Waals surface area (Å²) in [6.07, 6.45) is 4.72. The summed E-state index contributed by atoms with van der Waals surface area (Å²) >= 11 is 1.73. The zero-order valence-electron chi connectivity index (χ0n) is 14.0. The monoisotopic (exact) mass is 356 g/mol. The zero-order chi connectivity index (χ0) is 17.5. The van der Waals surface area contributed by atoms with Gasteiger partial charge in [-0.25, -0.2) is 0 Å². The second-order valence-electron chi connectivity index (χ2n) is 5.49. The predicted molar refractivity (Wildman–Crippen MR) is 98.8 cm³/mol. The molecule has 0 aliphatic rings. The van der Waals surface area contributed by atoms with Gasteiger partial charge in [-0.15, -0.1) is 10.2 Å². The molecule has 0 bridgehead atoms. The highest BCUT2D eigenvalue weighted by molar-refractivity contribution is 7.98. The molecular weight excluding hydrogens is 336 g/mol. The first kappa shape index (κ1) is 17.3. The van der Waals surface area contributed by atoms with E-state index in [1.807, 2.05) is 65.4 Å². The SMILES string of the molecule is CSCCC(NC(=O)COc1ccccc1)c1nnc2ccccn12. The van der Waals surface area contributed by atoms with E-state index in [0.717, 1.165) is 23.6 Å². The number of thioether (sulfide) groups is 1. The Hall–Kier alpha value is -2.54. The lowest BCUT2D eigenvalue weighted by Gasteiger charge is -2.17. The van der Waals surface area contributed by atoms with Gasteiger partial charge in [-0.05, 0) is 42.7 Å². The van der Waals surface area contributed by atoms with Gasteiger partial charge in [0.1, 0.15) is 5.75 Å². The molecule has 0 saturated heterocycles. The number of hydrogen-bond donors (Lipinski definition) is 1. The number of fused-ring (bicyclic) bond motifs is 1. The molecule has 2 heterocycles. The van der Waals surface area contributed by atoms with Gasteiger partial charge in [0.05, 0.1) is 6.04 Å². The number of benzene rings is 1. The quantitative estimate of drug-likeness (QED) is 0.672. The third-order valence-corrected chi connectivity index (χ3v) is 4.35. The largest absolute Gasteiger partial charge is 0.484 e. The van der Waals surface area contributed by atoms with E-state index in [0.29, 0.717) is 5.75 Å². The number of nitrogens with one attached hydrogen (secondary N) is 1. The molecule has 2 aromatic heterocycles. The maximum Gasteiger partial charge on any atom is 0.258 e. The second kappa shape index (κ2) is 8.53. The first-order valence-electron chi connectivity index (χ1n) is 8.03. The molecule has 0 aliphatic carbocycles. The van der Waals surface area contributed by atoms with Crippen molar-refractivity contribution in [3.63, 3.8) is 0 Å². The van der Waals surface area contributed by atoms with Crippen molar-refractivity contribution in [2.75, 3.05) is 18.6 Å². The highest BCUT2D eigenvalue weighted by Crippen LogP contribution is 2.18. The molecule has 0 radical (unpaired) electrons. The molecule has 3 rings (SSSR count). The van der Waals surface area contributed by atoms with Crippen LogP contribution >= 0.6 is 11.8 Å². The van der Waals surface area contributed by atoms with Crippen molar-refractivity contribution in [3.8, 4) is 5.75 Å². The fourth-order valence-corrected chi connectivity index (χ4v) is 2.97. The number of aromatic nitrogens is 3. The van der Waals surface area contributed by atoms with E-state index in [2.05, 4.69) is 15.5 Å². The van der Waals surface area contributed by atoms with Crippen molar-refractivity contribution < 1.29 is 9.53 Å². The number of carbonyl (C=O) groups excluding carboxylic acids is 1. The van der Waals surface area contributed by atoms with Gasteiger partial charge < -0.3 is 10.1 Å². The van der Waals surface area contributed by atoms with Crippen LogP contribution in [0.2, 0.25) is 0 Å². The van der Waals surface area contributed by atoms with Crippen LogP contribution in [0, 0.1) is 0 Å². The molecule has 0 fully saturated rings. The van der Waals surface area contributed by atoms with Gasteiger partial charge in [0, 0.05) is 6.20 Å². The summed E-state index contributed by atoms with van der Waals surface area (Å²) < 4.78 is 7.42. The summed E-state index contributed by atoms with van der Waals surface area (Å²) in [5.74, 6) is 2.14. The van der Waals surface area contributed by atoms with Gasteiger partial charge in [-0.1, -0.05) is 24.3 Å². The molecule has 130 valence electrons. The van der Waals surface area contributed by atoms with Gasteiger partial charge in [-0.2, -0.15) is 11.8 Å². The standard InChI is InChI=1S/C18H20N4O2S/c1-25-12-10-15(18-21-20-16-9-5-6-11-22(16)18)19-17(23)13-24-14-7-3-2-4-8-14/h2-9,11,15H,10,12-13H2,1H3,(H,19,23). The van der Waals surface area contributed by atoms with Crippen molar-refractivity contribution >= 4 is 23.3 Å². The lowest BCUT2D eigenvalue weighted by Crippen LogP contribution is -2.34. The Morgan fingerprint density at radius 2 is 2.00 bits per heavy atom. The molecule has 1 amide bonds. The van der Waals surface area contributed by atoms with Crippen molar-refractivity contribution in [1.29, 1.82) is 0 Å². The molecule has 25 heavy (non-hydrogen) atoms. The molecule has 1 N–H and O–H groups in total. The van der Waals surface area contributed by atoms with Crippen LogP contribution in [0.5, 0.6) is 5.75 Å². The van der Waals surface area contributed by atoms with Gasteiger partial charge in [0.2, 0.25) is 0 Å². The number of pyridine rings is 1. The van der Waals surface area contributed by atoms with Crippen molar-refractivity contribution in [1.82, 2.24) is 19.9 Å². The number of hydrogen-bond acceptors (Lipinski definition) is 5. The molecule has 0 aliphatic heterocycles. The van der Waals surface area contributed by atoms with Crippen molar-refractivity contribution in [3.05, 3.63) is 60.6 Å². The Balaban J connectivity index is 1.69. The van der Waals surface area contributed by atoms with E-state index in [4.69, 9.17) is 4.74 Å². The van der Waals surface area contributed by atoms with E-state index < -0.39 is 0 Å². The van der Waals surface area contributed by atoms with Crippen LogP contribution in [0.4, 0.5) is 0 Å². The van der Waals surface area contributed by atoms with E-state index in [9.17, 15) is 4.79 Å². The molecular formula is C18H20N4O2S. The van der Waals surface area contributed by atoms with Crippen LogP contribution < -0.4 is 10.1 Å². The third kappa shape index (κ3) is 4.51. The Morgan fingerprint density at radius 3 is 2.80 bits per heavy atom. The Bertz CT molecular complexity index is 822. The number of carbonyl (C=O) groups is 1. The van der Waals surface area contributed by atoms with Crippen LogP contribution in [0.25, 0.3) is 5.65 Å². The average Bonchev–Trinajstić information content (AvgIpc) is 3.08. The Kier molecular flexibility index (Phi) is 5.90. The van der Waals surface area contributed by atoms with E-state index in [-0.39, 0.29) is 18.6 Å². The molecule has 1 aromatic carbocycles. The number of rotatable bonds is 8. The molecule has 0 spiro atoms. The molecule has 0 saturated carbocycles. The smallest absolute Gasteiger partial charge is 0.258 e. The van der Waals surface area contributed by atoms with Crippen LogP contribution in [0.15, 0.2) is 54.7 Å². The summed E-state index contributed by atoms with van der Waals surface area (Å²) in [5, 5.41) is 11.5. The van der Waals surface area contributed by atoms with Gasteiger partial charge in [0.15, 0.2) is 18.1 Å². The van der Waals surface area contributed by atoms with Gasteiger partial charge in [0.25, 0.3) is 5.91 Å². The summed E-state index contributed by atoms with van der Waals surface area (Å²) in [6, 6.07) is 14.8. The summed E-state index contributed by atoms with van der Waals surface area (Å²) in [4.78, 5) is 12.3. The minimum atomic E-state index is -0.211. The van der Waals surface area contributed by atoms with Crippen LogP contribution in [0.3, 0.4) is 0 Å². The van der Waals surface area contributed by atoms with E-state index in [1.54, 1.807) is 11.8 Å². The number of nitrogens with zero attached hydrogens (tertiary/aromatic N) is 3. The summed E-state index contributed by atoms with van der Waals surface area (Å²) in [5.41, 5.74) is 0.765. The fraction of sp³-hybridized carbons (Fsp3) is 0.278. The normalized spacial score (nSPS) is 12.0. The molecule has 1 unspecified atom stereocenters. The Labute approximate surface area is 150 Å². The van der Waals surface area contributed by atoms with E-state index >= 15 is 0 Å². The molecule has 1 atom stereocenters. The number of ether oxygens (including phenoxy) is 1. The lowest BCUT2D eigenvalue weighted by atomic mass is 10.2. The van der Waals surface area contributed by atoms with Gasteiger partial charge in [-0.3, -0.25) is 9.20 Å². The average molecular weight is 356 g/mol. The maximum atomic E-state index is 12.3. The predicted octanol–water partition coefficient (Wildman–Crippen LogP) is 2.72.